The van der Waals surface area contributed by atoms with Gasteiger partial charge in [-0.25, -0.2) is 0 Å². The van der Waals surface area contributed by atoms with Crippen LogP contribution in [0, 0.1) is 6.92 Å². The van der Waals surface area contributed by atoms with Gasteiger partial charge in [-0.05, 0) is 19.1 Å². The fourth-order valence-corrected chi connectivity index (χ4v) is 3.57. The van der Waals surface area contributed by atoms with E-state index >= 15 is 0 Å². The number of amides is 2. The van der Waals surface area contributed by atoms with Gasteiger partial charge in [-0.15, -0.1) is 0 Å². The van der Waals surface area contributed by atoms with E-state index in [0.29, 0.717) is 36.8 Å². The van der Waals surface area contributed by atoms with Gasteiger partial charge in [-0.2, -0.15) is 0 Å². The quantitative estimate of drug-likeness (QED) is 0.676. The molecule has 2 aromatic carbocycles. The molecule has 1 aliphatic rings. The van der Waals surface area contributed by atoms with E-state index in [2.05, 4.69) is 10.5 Å². The van der Waals surface area contributed by atoms with Gasteiger partial charge in [0.05, 0.1) is 26.2 Å². The summed E-state index contributed by atoms with van der Waals surface area (Å²) in [7, 11) is 0. The number of anilines is 1. The third-order valence-electron chi connectivity index (χ3n) is 5.31. The van der Waals surface area contributed by atoms with Crippen molar-refractivity contribution in [2.75, 3.05) is 38.0 Å². The van der Waals surface area contributed by atoms with E-state index in [-0.39, 0.29) is 11.8 Å². The summed E-state index contributed by atoms with van der Waals surface area (Å²) in [4.78, 5) is 27.9. The van der Waals surface area contributed by atoms with E-state index in [1.807, 2.05) is 66.4 Å². The van der Waals surface area contributed by atoms with Crippen molar-refractivity contribution >= 4 is 17.7 Å². The lowest BCUT2D eigenvalue weighted by Crippen LogP contribution is -3.15. The molecule has 1 aliphatic heterocycles. The van der Waals surface area contributed by atoms with E-state index in [9.17, 15) is 9.59 Å². The second kappa shape index (κ2) is 8.92. The number of aromatic nitrogens is 1. The van der Waals surface area contributed by atoms with Crippen LogP contribution >= 0.6 is 0 Å². The first-order chi connectivity index (χ1) is 14.6. The molecule has 0 unspecified atom stereocenters. The number of aryl methyl sites for hydroxylation is 1. The average molecular weight is 405 g/mol. The Kier molecular flexibility index (Phi) is 5.90. The zero-order valence-electron chi connectivity index (χ0n) is 16.9. The van der Waals surface area contributed by atoms with Gasteiger partial charge in [0.25, 0.3) is 11.8 Å². The van der Waals surface area contributed by atoms with Crippen LogP contribution < -0.4 is 10.2 Å². The Balaban J connectivity index is 1.26. The van der Waals surface area contributed by atoms with Crippen LogP contribution in [0.1, 0.15) is 15.9 Å². The van der Waals surface area contributed by atoms with Crippen molar-refractivity contribution in [3.8, 4) is 11.3 Å². The third-order valence-corrected chi connectivity index (χ3v) is 5.31. The van der Waals surface area contributed by atoms with Crippen LogP contribution in [0.5, 0.6) is 0 Å². The second-order valence-corrected chi connectivity index (χ2v) is 7.58. The molecule has 1 saturated heterocycles. The summed E-state index contributed by atoms with van der Waals surface area (Å²) >= 11 is 0. The lowest BCUT2D eigenvalue weighted by Gasteiger charge is -2.31. The highest BCUT2D eigenvalue weighted by Gasteiger charge is 2.26. The zero-order chi connectivity index (χ0) is 20.9. The van der Waals surface area contributed by atoms with Crippen molar-refractivity contribution in [2.45, 2.75) is 6.92 Å². The fraction of sp³-hybridized carbons (Fsp3) is 0.261. The van der Waals surface area contributed by atoms with Crippen molar-refractivity contribution in [3.05, 3.63) is 71.8 Å². The Morgan fingerprint density at radius 1 is 1.07 bits per heavy atom. The molecule has 2 N–H and O–H groups in total. The van der Waals surface area contributed by atoms with Crippen molar-refractivity contribution in [1.29, 1.82) is 0 Å². The largest absolute Gasteiger partial charge is 0.338 e. The number of piperazine rings is 1. The molecular weight excluding hydrogens is 380 g/mol. The number of nitrogens with zero attached hydrogens (tertiary/aromatic N) is 2. The predicted octanol–water partition coefficient (Wildman–Crippen LogP) is 1.63. The standard InChI is InChI=1S/C23H24N4O3/c1-17-7-9-18(10-8-17)20-15-22(30-25-20)24-21(28)16-26-11-13-27(14-12-26)23(29)19-5-3-2-4-6-19/h2-10,15H,11-14,16H2,1H3,(H,24,28)/p+1. The second-order valence-electron chi connectivity index (χ2n) is 7.58. The monoisotopic (exact) mass is 405 g/mol. The highest BCUT2D eigenvalue weighted by molar-refractivity contribution is 5.94. The zero-order valence-corrected chi connectivity index (χ0v) is 16.9. The molecule has 2 heterocycles. The summed E-state index contributed by atoms with van der Waals surface area (Å²) in [5, 5.41) is 6.81. The van der Waals surface area contributed by atoms with Gasteiger partial charge in [0.1, 0.15) is 5.69 Å². The van der Waals surface area contributed by atoms with Gasteiger partial charge < -0.3 is 14.3 Å². The highest BCUT2D eigenvalue weighted by Crippen LogP contribution is 2.21. The summed E-state index contributed by atoms with van der Waals surface area (Å²) in [5.41, 5.74) is 3.50. The predicted molar refractivity (Wildman–Crippen MR) is 113 cm³/mol. The molecule has 7 nitrogen and oxygen atoms in total. The number of benzene rings is 2. The third kappa shape index (κ3) is 4.75. The fourth-order valence-electron chi connectivity index (χ4n) is 3.57. The smallest absolute Gasteiger partial charge is 0.281 e. The molecule has 0 atom stereocenters. The maximum absolute atomic E-state index is 12.5. The number of rotatable bonds is 5. The van der Waals surface area contributed by atoms with E-state index in [0.717, 1.165) is 23.6 Å². The van der Waals surface area contributed by atoms with E-state index in [1.54, 1.807) is 6.07 Å². The Morgan fingerprint density at radius 2 is 1.77 bits per heavy atom. The number of carbonyl (C=O) groups excluding carboxylic acids is 2. The molecular formula is C23H25N4O3+. The van der Waals surface area contributed by atoms with Gasteiger partial charge >= 0.3 is 0 Å². The minimum Gasteiger partial charge on any atom is -0.338 e. The summed E-state index contributed by atoms with van der Waals surface area (Å²) in [6, 6.07) is 19.0. The van der Waals surface area contributed by atoms with Crippen molar-refractivity contribution < 1.29 is 19.0 Å². The van der Waals surface area contributed by atoms with Gasteiger partial charge in [-0.3, -0.25) is 14.9 Å². The highest BCUT2D eigenvalue weighted by atomic mass is 16.5. The van der Waals surface area contributed by atoms with Crippen LogP contribution in [0.25, 0.3) is 11.3 Å². The Bertz CT molecular complexity index is 1010. The molecule has 2 amide bonds. The van der Waals surface area contributed by atoms with Gasteiger partial charge in [0, 0.05) is 17.2 Å². The lowest BCUT2D eigenvalue weighted by molar-refractivity contribution is -0.895. The van der Waals surface area contributed by atoms with E-state index < -0.39 is 0 Å². The van der Waals surface area contributed by atoms with E-state index in [1.165, 1.54) is 5.56 Å². The Morgan fingerprint density at radius 3 is 2.47 bits per heavy atom. The van der Waals surface area contributed by atoms with Crippen LogP contribution in [0.15, 0.2) is 65.2 Å². The number of hydrogen-bond donors (Lipinski definition) is 2. The van der Waals surface area contributed by atoms with Gasteiger partial charge in [0.2, 0.25) is 5.88 Å². The number of quaternary nitrogens is 1. The van der Waals surface area contributed by atoms with Crippen molar-refractivity contribution in [3.63, 3.8) is 0 Å². The first kappa shape index (κ1) is 19.8. The Labute approximate surface area is 175 Å². The van der Waals surface area contributed by atoms with E-state index in [4.69, 9.17) is 4.52 Å². The Hall–Kier alpha value is -3.45. The normalized spacial score (nSPS) is 14.5. The summed E-state index contributed by atoms with van der Waals surface area (Å²) in [5.74, 6) is 0.261. The SMILES string of the molecule is Cc1ccc(-c2cc(NC(=O)C[NH+]3CCN(C(=O)c4ccccc4)CC3)on2)cc1. The summed E-state index contributed by atoms with van der Waals surface area (Å²) < 4.78 is 5.26. The minimum atomic E-state index is -0.126. The first-order valence-corrected chi connectivity index (χ1v) is 10.1. The molecule has 0 saturated carbocycles. The van der Waals surface area contributed by atoms with Crippen molar-refractivity contribution in [1.82, 2.24) is 10.1 Å². The molecule has 3 aromatic rings. The molecule has 0 spiro atoms. The lowest BCUT2D eigenvalue weighted by atomic mass is 10.1. The molecule has 4 rings (SSSR count). The average Bonchev–Trinajstić information content (AvgIpc) is 3.23. The molecule has 0 aliphatic carbocycles. The molecule has 0 radical (unpaired) electrons. The molecule has 7 heteroatoms. The maximum Gasteiger partial charge on any atom is 0.281 e. The van der Waals surface area contributed by atoms with Gasteiger partial charge in [-0.1, -0.05) is 53.2 Å². The number of nitrogens with one attached hydrogen (secondary N) is 2. The topological polar surface area (TPSA) is 79.9 Å². The van der Waals surface area contributed by atoms with Crippen LogP contribution in [0.4, 0.5) is 5.88 Å². The molecule has 154 valence electrons. The molecule has 30 heavy (non-hydrogen) atoms. The maximum atomic E-state index is 12.5. The number of carbonyl (C=O) groups is 2. The molecule has 0 bridgehead atoms. The first-order valence-electron chi connectivity index (χ1n) is 10.1. The summed E-state index contributed by atoms with van der Waals surface area (Å²) in [6.07, 6.45) is 0. The van der Waals surface area contributed by atoms with Gasteiger partial charge in [0.15, 0.2) is 6.54 Å². The number of hydrogen-bond acceptors (Lipinski definition) is 4. The van der Waals surface area contributed by atoms with Crippen molar-refractivity contribution in [2.24, 2.45) is 0 Å². The minimum absolute atomic E-state index is 0.0457. The molecule has 1 fully saturated rings. The molecule has 1 aromatic heterocycles. The van der Waals surface area contributed by atoms with Crippen LogP contribution in [-0.4, -0.2) is 54.6 Å². The van der Waals surface area contributed by atoms with Crippen LogP contribution in [-0.2, 0) is 4.79 Å². The van der Waals surface area contributed by atoms with Crippen LogP contribution in [0.2, 0.25) is 0 Å². The summed E-state index contributed by atoms with van der Waals surface area (Å²) in [6.45, 7) is 5.09. The van der Waals surface area contributed by atoms with Crippen LogP contribution in [0.3, 0.4) is 0 Å².